The molecule has 0 saturated carbocycles. The quantitative estimate of drug-likeness (QED) is 0.822. The molecule has 0 radical (unpaired) electrons. The summed E-state index contributed by atoms with van der Waals surface area (Å²) in [6, 6.07) is 6.85. The average molecular weight is 408 g/mol. The highest BCUT2D eigenvalue weighted by Gasteiger charge is 2.29. The summed E-state index contributed by atoms with van der Waals surface area (Å²) in [6.07, 6.45) is 6.17. The summed E-state index contributed by atoms with van der Waals surface area (Å²) in [5.41, 5.74) is 2.20. The van der Waals surface area contributed by atoms with Crippen LogP contribution in [-0.4, -0.2) is 64.3 Å². The Kier molecular flexibility index (Phi) is 7.04. The Morgan fingerprint density at radius 2 is 1.96 bits per heavy atom. The van der Waals surface area contributed by atoms with Crippen molar-refractivity contribution < 1.29 is 9.18 Å². The highest BCUT2D eigenvalue weighted by Crippen LogP contribution is 2.19. The third-order valence-electron chi connectivity index (χ3n) is 5.40. The number of piperazine rings is 1. The predicted molar refractivity (Wildman–Crippen MR) is 108 cm³/mol. The Labute approximate surface area is 171 Å². The average Bonchev–Trinajstić information content (AvgIpc) is 3.11. The lowest BCUT2D eigenvalue weighted by molar-refractivity contribution is -0.135. The van der Waals surface area contributed by atoms with Crippen LogP contribution in [0, 0.1) is 5.82 Å². The SMILES string of the molecule is Cl.O=C1CNCCN1C1CCCN(Cc2cnn(Cc3ccc(F)cc3)c2)C1. The first-order valence-corrected chi connectivity index (χ1v) is 9.66. The van der Waals surface area contributed by atoms with Crippen LogP contribution in [0.15, 0.2) is 36.7 Å². The summed E-state index contributed by atoms with van der Waals surface area (Å²) >= 11 is 0. The number of halogens is 2. The fourth-order valence-electron chi connectivity index (χ4n) is 4.05. The Morgan fingerprint density at radius 1 is 1.14 bits per heavy atom. The third kappa shape index (κ3) is 5.10. The number of amides is 1. The van der Waals surface area contributed by atoms with Crippen molar-refractivity contribution in [3.05, 3.63) is 53.6 Å². The van der Waals surface area contributed by atoms with E-state index < -0.39 is 0 Å². The molecule has 2 fully saturated rings. The number of hydrogen-bond acceptors (Lipinski definition) is 4. The van der Waals surface area contributed by atoms with Gasteiger partial charge in [0.2, 0.25) is 5.91 Å². The largest absolute Gasteiger partial charge is 0.336 e. The molecule has 1 aromatic carbocycles. The molecule has 1 amide bonds. The summed E-state index contributed by atoms with van der Waals surface area (Å²) in [7, 11) is 0. The molecule has 152 valence electrons. The molecule has 8 heteroatoms. The Bertz CT molecular complexity index is 781. The predicted octanol–water partition coefficient (Wildman–Crippen LogP) is 1.89. The van der Waals surface area contributed by atoms with Crippen LogP contribution in [0.5, 0.6) is 0 Å². The lowest BCUT2D eigenvalue weighted by Crippen LogP contribution is -2.56. The first-order valence-electron chi connectivity index (χ1n) is 9.66. The van der Waals surface area contributed by atoms with Crippen LogP contribution in [0.3, 0.4) is 0 Å². The minimum absolute atomic E-state index is 0. The first-order chi connectivity index (χ1) is 13.2. The second-order valence-corrected chi connectivity index (χ2v) is 7.47. The van der Waals surface area contributed by atoms with Gasteiger partial charge in [-0.3, -0.25) is 14.4 Å². The number of likely N-dealkylation sites (tertiary alicyclic amines) is 1. The van der Waals surface area contributed by atoms with Crippen molar-refractivity contribution in [2.24, 2.45) is 0 Å². The molecule has 2 aromatic rings. The van der Waals surface area contributed by atoms with Crippen LogP contribution < -0.4 is 5.32 Å². The van der Waals surface area contributed by atoms with Crippen molar-refractivity contribution in [2.75, 3.05) is 32.7 Å². The van der Waals surface area contributed by atoms with E-state index in [4.69, 9.17) is 0 Å². The maximum absolute atomic E-state index is 13.0. The Hall–Kier alpha value is -1.96. The summed E-state index contributed by atoms with van der Waals surface area (Å²) in [6.45, 7) is 5.63. The van der Waals surface area contributed by atoms with E-state index in [0.717, 1.165) is 51.1 Å². The molecule has 2 aliphatic rings. The fourth-order valence-corrected chi connectivity index (χ4v) is 4.05. The number of carbonyl (C=O) groups is 1. The number of piperidine rings is 1. The monoisotopic (exact) mass is 407 g/mol. The van der Waals surface area contributed by atoms with Crippen molar-refractivity contribution in [1.82, 2.24) is 24.9 Å². The van der Waals surface area contributed by atoms with Gasteiger partial charge in [-0.1, -0.05) is 12.1 Å². The van der Waals surface area contributed by atoms with Crippen molar-refractivity contribution in [3.8, 4) is 0 Å². The molecule has 2 saturated heterocycles. The number of rotatable bonds is 5. The number of benzene rings is 1. The van der Waals surface area contributed by atoms with E-state index in [-0.39, 0.29) is 24.1 Å². The van der Waals surface area contributed by atoms with Gasteiger partial charge in [-0.05, 0) is 37.1 Å². The van der Waals surface area contributed by atoms with Gasteiger partial charge in [0.25, 0.3) is 0 Å². The molecule has 3 heterocycles. The number of hydrogen-bond donors (Lipinski definition) is 1. The van der Waals surface area contributed by atoms with Crippen LogP contribution in [0.25, 0.3) is 0 Å². The maximum Gasteiger partial charge on any atom is 0.236 e. The smallest absolute Gasteiger partial charge is 0.236 e. The lowest BCUT2D eigenvalue weighted by Gasteiger charge is -2.41. The number of nitrogens with one attached hydrogen (secondary N) is 1. The van der Waals surface area contributed by atoms with Gasteiger partial charge in [0, 0.05) is 44.0 Å². The molecule has 2 aliphatic heterocycles. The Morgan fingerprint density at radius 3 is 2.75 bits per heavy atom. The lowest BCUT2D eigenvalue weighted by atomic mass is 10.0. The molecule has 1 atom stereocenters. The van der Waals surface area contributed by atoms with Gasteiger partial charge >= 0.3 is 0 Å². The fraction of sp³-hybridized carbons (Fsp3) is 0.500. The maximum atomic E-state index is 13.0. The van der Waals surface area contributed by atoms with Crippen molar-refractivity contribution in [1.29, 1.82) is 0 Å². The van der Waals surface area contributed by atoms with Crippen LogP contribution in [0.1, 0.15) is 24.0 Å². The zero-order valence-electron chi connectivity index (χ0n) is 15.9. The van der Waals surface area contributed by atoms with Gasteiger partial charge in [-0.25, -0.2) is 4.39 Å². The van der Waals surface area contributed by atoms with Crippen molar-refractivity contribution in [2.45, 2.75) is 32.0 Å². The number of carbonyl (C=O) groups excluding carboxylic acids is 1. The molecule has 1 aromatic heterocycles. The second kappa shape index (κ2) is 9.49. The van der Waals surface area contributed by atoms with E-state index >= 15 is 0 Å². The topological polar surface area (TPSA) is 53.4 Å². The van der Waals surface area contributed by atoms with E-state index in [0.29, 0.717) is 19.1 Å². The molecule has 0 bridgehead atoms. The minimum Gasteiger partial charge on any atom is -0.336 e. The van der Waals surface area contributed by atoms with E-state index in [2.05, 4.69) is 26.4 Å². The van der Waals surface area contributed by atoms with Crippen LogP contribution in [0.2, 0.25) is 0 Å². The molecule has 1 unspecified atom stereocenters. The standard InChI is InChI=1S/C20H26FN5O.ClH/c21-18-5-3-16(4-6-18)13-25-14-17(10-23-25)12-24-8-1-2-19(15-24)26-9-7-22-11-20(26)27;/h3-6,10,14,19,22H,1-2,7-9,11-13,15H2;1H. The third-order valence-corrected chi connectivity index (χ3v) is 5.40. The normalized spacial score (nSPS) is 20.8. The molecular formula is C20H27ClFN5O. The van der Waals surface area contributed by atoms with Crippen LogP contribution >= 0.6 is 12.4 Å². The number of nitrogens with zero attached hydrogens (tertiary/aromatic N) is 4. The van der Waals surface area contributed by atoms with Crippen LogP contribution in [-0.2, 0) is 17.9 Å². The highest BCUT2D eigenvalue weighted by molar-refractivity contribution is 5.85. The summed E-state index contributed by atoms with van der Waals surface area (Å²) in [5, 5.41) is 7.59. The zero-order valence-corrected chi connectivity index (χ0v) is 16.7. The van der Waals surface area contributed by atoms with Crippen LogP contribution in [0.4, 0.5) is 4.39 Å². The first kappa shape index (κ1) is 20.8. The summed E-state index contributed by atoms with van der Waals surface area (Å²) in [5.74, 6) is 0.00254. The molecule has 4 rings (SSSR count). The van der Waals surface area contributed by atoms with E-state index in [1.165, 1.54) is 17.7 Å². The van der Waals surface area contributed by atoms with Crippen molar-refractivity contribution >= 4 is 18.3 Å². The number of aromatic nitrogens is 2. The molecule has 28 heavy (non-hydrogen) atoms. The van der Waals surface area contributed by atoms with Gasteiger partial charge in [0.15, 0.2) is 0 Å². The summed E-state index contributed by atoms with van der Waals surface area (Å²) < 4.78 is 14.9. The van der Waals surface area contributed by atoms with Gasteiger partial charge < -0.3 is 10.2 Å². The van der Waals surface area contributed by atoms with Gasteiger partial charge in [0.05, 0.1) is 19.3 Å². The van der Waals surface area contributed by atoms with E-state index in [9.17, 15) is 9.18 Å². The van der Waals surface area contributed by atoms with Gasteiger partial charge in [0.1, 0.15) is 5.82 Å². The zero-order chi connectivity index (χ0) is 18.6. The van der Waals surface area contributed by atoms with Gasteiger partial charge in [-0.15, -0.1) is 12.4 Å². The molecular weight excluding hydrogens is 381 g/mol. The van der Waals surface area contributed by atoms with Crippen molar-refractivity contribution in [3.63, 3.8) is 0 Å². The molecule has 1 N–H and O–H groups in total. The van der Waals surface area contributed by atoms with Gasteiger partial charge in [-0.2, -0.15) is 5.10 Å². The molecule has 0 aliphatic carbocycles. The molecule has 6 nitrogen and oxygen atoms in total. The van der Waals surface area contributed by atoms with E-state index in [1.54, 1.807) is 12.1 Å². The molecule has 0 spiro atoms. The summed E-state index contributed by atoms with van der Waals surface area (Å²) in [4.78, 5) is 16.6. The minimum atomic E-state index is -0.220. The highest BCUT2D eigenvalue weighted by atomic mass is 35.5. The Balaban J connectivity index is 0.00000225. The second-order valence-electron chi connectivity index (χ2n) is 7.47. The van der Waals surface area contributed by atoms with E-state index in [1.807, 2.05) is 10.9 Å².